The summed E-state index contributed by atoms with van der Waals surface area (Å²) < 4.78 is 2.10. The van der Waals surface area contributed by atoms with Crippen molar-refractivity contribution in [3.63, 3.8) is 0 Å². The Morgan fingerprint density at radius 2 is 1.88 bits per heavy atom. The van der Waals surface area contributed by atoms with E-state index in [-0.39, 0.29) is 5.84 Å². The van der Waals surface area contributed by atoms with Gasteiger partial charge in [0.15, 0.2) is 11.7 Å². The van der Waals surface area contributed by atoms with Gasteiger partial charge in [0.05, 0.1) is 16.6 Å². The maximum Gasteiger partial charge on any atom is 0.157 e. The molecule has 7 nitrogen and oxygen atoms in total. The fourth-order valence-electron chi connectivity index (χ4n) is 3.05. The van der Waals surface area contributed by atoms with Gasteiger partial charge in [-0.15, -0.1) is 5.10 Å². The van der Waals surface area contributed by atoms with Crippen LogP contribution >= 0.6 is 0 Å². The fraction of sp³-hybridized carbons (Fsp3) is 0.0526. The van der Waals surface area contributed by atoms with Gasteiger partial charge < -0.3 is 15.0 Å². The van der Waals surface area contributed by atoms with E-state index in [0.29, 0.717) is 5.56 Å². The smallest absolute Gasteiger partial charge is 0.157 e. The summed E-state index contributed by atoms with van der Waals surface area (Å²) >= 11 is 0. The Hall–Kier alpha value is -3.74. The maximum absolute atomic E-state index is 6.85. The number of para-hydroxylation sites is 1. The van der Waals surface area contributed by atoms with Crippen molar-refractivity contribution in [3.8, 4) is 0 Å². The number of nitrogens with one attached hydrogen (secondary N) is 1. The Balaban J connectivity index is 1.95. The van der Waals surface area contributed by atoms with Crippen LogP contribution in [0.4, 0.5) is 11.5 Å². The van der Waals surface area contributed by atoms with Gasteiger partial charge in [0.2, 0.25) is 0 Å². The van der Waals surface area contributed by atoms with Crippen molar-refractivity contribution >= 4 is 33.9 Å². The summed E-state index contributed by atoms with van der Waals surface area (Å²) in [5.41, 5.74) is 17.2. The molecule has 0 amide bonds. The second kappa shape index (κ2) is 6.29. The molecule has 2 heterocycles. The third-order valence-electron chi connectivity index (χ3n) is 4.35. The predicted octanol–water partition coefficient (Wildman–Crippen LogP) is 3.91. The van der Waals surface area contributed by atoms with E-state index >= 15 is 0 Å². The molecule has 4 rings (SSSR count). The summed E-state index contributed by atoms with van der Waals surface area (Å²) in [6, 6.07) is 19.8. The topological polar surface area (TPSA) is 95.1 Å². The SMILES string of the molecule is CN(c1ccccc1)c1nc2cc(C(N)=NN=N)ccc2n2cccc12. The molecule has 128 valence electrons. The van der Waals surface area contributed by atoms with Crippen LogP contribution < -0.4 is 10.6 Å². The maximum atomic E-state index is 6.85. The molecule has 3 N–H and O–H groups in total. The molecule has 0 saturated heterocycles. The zero-order chi connectivity index (χ0) is 18.1. The van der Waals surface area contributed by atoms with Crippen LogP contribution in [0.1, 0.15) is 5.56 Å². The van der Waals surface area contributed by atoms with Gasteiger partial charge >= 0.3 is 0 Å². The van der Waals surface area contributed by atoms with Gasteiger partial charge in [0.1, 0.15) is 0 Å². The van der Waals surface area contributed by atoms with Gasteiger partial charge in [-0.05, 0) is 42.5 Å². The number of aromatic nitrogens is 2. The molecular weight excluding hydrogens is 326 g/mol. The van der Waals surface area contributed by atoms with E-state index in [1.54, 1.807) is 0 Å². The Morgan fingerprint density at radius 1 is 1.08 bits per heavy atom. The third kappa shape index (κ3) is 2.55. The van der Waals surface area contributed by atoms with Crippen molar-refractivity contribution in [2.45, 2.75) is 0 Å². The van der Waals surface area contributed by atoms with Crippen LogP contribution in [-0.2, 0) is 0 Å². The van der Waals surface area contributed by atoms with Crippen LogP contribution in [0.2, 0.25) is 0 Å². The van der Waals surface area contributed by atoms with Gasteiger partial charge in [-0.3, -0.25) is 0 Å². The summed E-state index contributed by atoms with van der Waals surface area (Å²) in [6.45, 7) is 0. The van der Waals surface area contributed by atoms with Crippen molar-refractivity contribution in [1.29, 1.82) is 5.53 Å². The van der Waals surface area contributed by atoms with Crippen LogP contribution in [0.25, 0.3) is 16.6 Å². The first-order valence-electron chi connectivity index (χ1n) is 8.09. The Morgan fingerprint density at radius 3 is 2.65 bits per heavy atom. The van der Waals surface area contributed by atoms with Crippen molar-refractivity contribution < 1.29 is 0 Å². The van der Waals surface area contributed by atoms with E-state index in [1.165, 1.54) is 0 Å². The standard InChI is InChI=1S/C19H17N7/c1-25(14-6-3-2-4-7-14)19-17-8-5-11-26(17)16-10-9-13(12-15(16)22-19)18(20)23-24-21/h2-12H,1H3,(H3,20,21,23). The number of fused-ring (bicyclic) bond motifs is 3. The third-order valence-corrected chi connectivity index (χ3v) is 4.35. The fourth-order valence-corrected chi connectivity index (χ4v) is 3.05. The van der Waals surface area contributed by atoms with Gasteiger partial charge in [-0.25, -0.2) is 4.98 Å². The lowest BCUT2D eigenvalue weighted by atomic mass is 10.1. The number of rotatable bonds is 4. The van der Waals surface area contributed by atoms with Crippen molar-refractivity contribution in [3.05, 3.63) is 72.4 Å². The van der Waals surface area contributed by atoms with E-state index < -0.39 is 0 Å². The molecule has 4 aromatic rings. The Bertz CT molecular complexity index is 1130. The molecule has 0 aliphatic rings. The number of hydrogen-bond acceptors (Lipinski definition) is 4. The molecule has 26 heavy (non-hydrogen) atoms. The molecule has 7 heteroatoms. The van der Waals surface area contributed by atoms with Crippen molar-refractivity contribution in [2.75, 3.05) is 11.9 Å². The minimum absolute atomic E-state index is 0.189. The number of nitrogens with zero attached hydrogens (tertiary/aromatic N) is 5. The molecule has 0 spiro atoms. The highest BCUT2D eigenvalue weighted by molar-refractivity contribution is 6.00. The Kier molecular flexibility index (Phi) is 3.81. The highest BCUT2D eigenvalue weighted by Crippen LogP contribution is 2.29. The molecule has 0 atom stereocenters. The Labute approximate surface area is 149 Å². The van der Waals surface area contributed by atoms with Crippen molar-refractivity contribution in [2.24, 2.45) is 16.1 Å². The lowest BCUT2D eigenvalue weighted by Crippen LogP contribution is -2.14. The van der Waals surface area contributed by atoms with Gasteiger partial charge in [0, 0.05) is 24.5 Å². The first kappa shape index (κ1) is 15.8. The van der Waals surface area contributed by atoms with Crippen molar-refractivity contribution in [1.82, 2.24) is 9.38 Å². The minimum atomic E-state index is 0.189. The molecule has 0 unspecified atom stereocenters. The molecule has 0 fully saturated rings. The van der Waals surface area contributed by atoms with Gasteiger partial charge in [0.25, 0.3) is 0 Å². The average Bonchev–Trinajstić information content (AvgIpc) is 3.17. The van der Waals surface area contributed by atoms with Gasteiger partial charge in [-0.1, -0.05) is 23.4 Å². The zero-order valence-corrected chi connectivity index (χ0v) is 14.2. The second-order valence-corrected chi connectivity index (χ2v) is 5.88. The second-order valence-electron chi connectivity index (χ2n) is 5.88. The van der Waals surface area contributed by atoms with Crippen LogP contribution in [0.3, 0.4) is 0 Å². The van der Waals surface area contributed by atoms with E-state index in [4.69, 9.17) is 16.2 Å². The van der Waals surface area contributed by atoms with E-state index in [0.717, 1.165) is 28.1 Å². The molecule has 0 saturated carbocycles. The number of anilines is 2. The average molecular weight is 343 g/mol. The number of amidine groups is 1. The molecular formula is C19H17N7. The molecule has 0 aliphatic heterocycles. The highest BCUT2D eigenvalue weighted by atomic mass is 15.3. The lowest BCUT2D eigenvalue weighted by Gasteiger charge is -2.20. The molecule has 0 radical (unpaired) electrons. The van der Waals surface area contributed by atoms with Crippen LogP contribution in [-0.4, -0.2) is 22.3 Å². The van der Waals surface area contributed by atoms with E-state index in [9.17, 15) is 0 Å². The molecule has 2 aromatic carbocycles. The summed E-state index contributed by atoms with van der Waals surface area (Å²) in [4.78, 5) is 6.93. The van der Waals surface area contributed by atoms with Crippen LogP contribution in [0.5, 0.6) is 0 Å². The molecule has 0 bridgehead atoms. The highest BCUT2D eigenvalue weighted by Gasteiger charge is 2.14. The van der Waals surface area contributed by atoms with Gasteiger partial charge in [-0.2, -0.15) is 5.53 Å². The number of hydrogen-bond donors (Lipinski definition) is 2. The quantitative estimate of drug-likeness (QED) is 0.254. The summed E-state index contributed by atoms with van der Waals surface area (Å²) in [7, 11) is 2.00. The number of benzene rings is 2. The molecule has 2 aromatic heterocycles. The minimum Gasteiger partial charge on any atom is -0.382 e. The largest absolute Gasteiger partial charge is 0.382 e. The summed E-state index contributed by atoms with van der Waals surface area (Å²) in [6.07, 6.45) is 2.01. The summed E-state index contributed by atoms with van der Waals surface area (Å²) in [5.74, 6) is 1.03. The number of nitrogens with two attached hydrogens (primary N) is 1. The first-order chi connectivity index (χ1) is 12.7. The summed E-state index contributed by atoms with van der Waals surface area (Å²) in [5, 5.41) is 6.60. The monoisotopic (exact) mass is 343 g/mol. The van der Waals surface area contributed by atoms with Crippen LogP contribution in [0, 0.1) is 5.53 Å². The zero-order valence-electron chi connectivity index (χ0n) is 14.2. The molecule has 0 aliphatic carbocycles. The van der Waals surface area contributed by atoms with E-state index in [1.807, 2.05) is 73.9 Å². The first-order valence-corrected chi connectivity index (χ1v) is 8.09. The normalized spacial score (nSPS) is 11.8. The lowest BCUT2D eigenvalue weighted by molar-refractivity contribution is 0.986. The van der Waals surface area contributed by atoms with E-state index in [2.05, 4.69) is 19.6 Å². The van der Waals surface area contributed by atoms with Crippen LogP contribution in [0.15, 0.2) is 77.2 Å². The predicted molar refractivity (Wildman–Crippen MR) is 103 cm³/mol.